The highest BCUT2D eigenvalue weighted by atomic mass is 19.1. The monoisotopic (exact) mass is 398 g/mol. The average Bonchev–Trinajstić information content (AvgIpc) is 2.66. The molecular weight excluding hydrogens is 375 g/mol. The fraction of sp³-hybridized carbons (Fsp3) is 0.238. The first kappa shape index (κ1) is 21.7. The van der Waals surface area contributed by atoms with Crippen molar-refractivity contribution in [1.82, 2.24) is 5.32 Å². The summed E-state index contributed by atoms with van der Waals surface area (Å²) in [6, 6.07) is 12.8. The molecule has 2 aromatic carbocycles. The number of halogens is 1. The van der Waals surface area contributed by atoms with E-state index < -0.39 is 17.7 Å². The van der Waals surface area contributed by atoms with E-state index >= 15 is 0 Å². The Hall–Kier alpha value is -3.55. The van der Waals surface area contributed by atoms with Gasteiger partial charge in [0.15, 0.2) is 0 Å². The molecule has 152 valence electrons. The molecule has 0 aliphatic heterocycles. The van der Waals surface area contributed by atoms with Crippen LogP contribution in [0.1, 0.15) is 36.2 Å². The minimum absolute atomic E-state index is 0.0217. The van der Waals surface area contributed by atoms with Gasteiger partial charge in [-0.15, -0.1) is 0 Å². The van der Waals surface area contributed by atoms with Crippen molar-refractivity contribution in [1.29, 1.82) is 10.8 Å². The molecule has 7 nitrogen and oxygen atoms in total. The van der Waals surface area contributed by atoms with Gasteiger partial charge < -0.3 is 10.1 Å². The highest BCUT2D eigenvalue weighted by molar-refractivity contribution is 6.15. The number of esters is 1. The van der Waals surface area contributed by atoms with Gasteiger partial charge >= 0.3 is 5.97 Å². The molecule has 0 heterocycles. The Morgan fingerprint density at radius 2 is 1.72 bits per heavy atom. The Bertz CT molecular complexity index is 901. The minimum atomic E-state index is -0.664. The first-order valence-electron chi connectivity index (χ1n) is 8.96. The Labute approximate surface area is 168 Å². The van der Waals surface area contributed by atoms with E-state index in [2.05, 4.69) is 5.32 Å². The van der Waals surface area contributed by atoms with Gasteiger partial charge in [-0.25, -0.2) is 4.39 Å². The number of carbonyl (C=O) groups excluding carboxylic acids is 2. The largest absolute Gasteiger partial charge is 0.461 e. The molecule has 29 heavy (non-hydrogen) atoms. The number of nitrogens with zero attached hydrogens (tertiary/aromatic N) is 1. The zero-order chi connectivity index (χ0) is 21.4. The summed E-state index contributed by atoms with van der Waals surface area (Å²) in [7, 11) is 0. The number of nitrogens with one attached hydrogen (secondary N) is 3. The Kier molecular flexibility index (Phi) is 7.59. The van der Waals surface area contributed by atoms with Crippen LogP contribution < -0.4 is 10.2 Å². The van der Waals surface area contributed by atoms with Gasteiger partial charge in [0.25, 0.3) is 5.91 Å². The van der Waals surface area contributed by atoms with Crippen LogP contribution in [-0.2, 0) is 16.1 Å². The van der Waals surface area contributed by atoms with Gasteiger partial charge in [0.2, 0.25) is 0 Å². The molecule has 0 aliphatic rings. The van der Waals surface area contributed by atoms with Crippen LogP contribution in [0.3, 0.4) is 0 Å². The number of hydrogen-bond donors (Lipinski definition) is 3. The quantitative estimate of drug-likeness (QED) is 0.377. The first-order chi connectivity index (χ1) is 13.8. The summed E-state index contributed by atoms with van der Waals surface area (Å²) >= 11 is 0. The number of ether oxygens (including phenoxy) is 1. The van der Waals surface area contributed by atoms with Gasteiger partial charge in [0.1, 0.15) is 24.1 Å². The van der Waals surface area contributed by atoms with E-state index in [-0.39, 0.29) is 42.5 Å². The summed E-state index contributed by atoms with van der Waals surface area (Å²) in [5.74, 6) is -1.64. The molecule has 0 atom stereocenters. The number of carbonyl (C=O) groups is 2. The molecule has 0 unspecified atom stereocenters. The van der Waals surface area contributed by atoms with E-state index in [9.17, 15) is 14.0 Å². The molecule has 2 aromatic rings. The van der Waals surface area contributed by atoms with E-state index in [1.165, 1.54) is 24.8 Å². The fourth-order valence-corrected chi connectivity index (χ4v) is 2.66. The fourth-order valence-electron chi connectivity index (χ4n) is 2.66. The van der Waals surface area contributed by atoms with Crippen molar-refractivity contribution in [2.75, 3.05) is 11.4 Å². The number of amides is 1. The van der Waals surface area contributed by atoms with Gasteiger partial charge in [0, 0.05) is 12.1 Å². The second-order valence-corrected chi connectivity index (χ2v) is 6.36. The van der Waals surface area contributed by atoms with Crippen molar-refractivity contribution in [2.45, 2.75) is 26.9 Å². The summed E-state index contributed by atoms with van der Waals surface area (Å²) in [6.07, 6.45) is -0.0217. The Balaban J connectivity index is 1.92. The molecule has 0 saturated carbocycles. The van der Waals surface area contributed by atoms with Crippen LogP contribution in [0.2, 0.25) is 0 Å². The lowest BCUT2D eigenvalue weighted by atomic mass is 10.1. The number of benzene rings is 2. The molecule has 8 heteroatoms. The third kappa shape index (κ3) is 6.53. The van der Waals surface area contributed by atoms with Gasteiger partial charge in [-0.05, 0) is 37.6 Å². The van der Waals surface area contributed by atoms with Crippen molar-refractivity contribution >= 4 is 29.2 Å². The number of anilines is 1. The zero-order valence-electron chi connectivity index (χ0n) is 16.3. The third-order valence-electron chi connectivity index (χ3n) is 3.93. The standard InChI is InChI=1S/C21H23FN4O3/c1-14(23)26(15(2)24)19-11-17(10-18(22)12-19)21(28)25-9-8-20(27)29-13-16-6-4-3-5-7-16/h3-7,10-12,23-24H,8-9,13H2,1-2H3,(H,25,28). The van der Waals surface area contributed by atoms with Crippen LogP contribution in [0.15, 0.2) is 48.5 Å². The molecule has 0 aliphatic carbocycles. The summed E-state index contributed by atoms with van der Waals surface area (Å²) in [4.78, 5) is 25.3. The molecule has 0 spiro atoms. The number of hydrogen-bond acceptors (Lipinski definition) is 5. The first-order valence-corrected chi connectivity index (χ1v) is 8.96. The Morgan fingerprint density at radius 1 is 1.07 bits per heavy atom. The van der Waals surface area contributed by atoms with Crippen LogP contribution in [0.25, 0.3) is 0 Å². The number of amidine groups is 2. The molecule has 0 aromatic heterocycles. The van der Waals surface area contributed by atoms with Crippen LogP contribution in [0.4, 0.5) is 10.1 Å². The second kappa shape index (κ2) is 10.1. The normalized spacial score (nSPS) is 10.2. The SMILES string of the molecule is CC(=N)N(C(C)=N)c1cc(F)cc(C(=O)NCCC(=O)OCc2ccccc2)c1. The lowest BCUT2D eigenvalue weighted by Gasteiger charge is -2.22. The predicted octanol–water partition coefficient (Wildman–Crippen LogP) is 3.49. The van der Waals surface area contributed by atoms with Crippen LogP contribution in [-0.4, -0.2) is 30.1 Å². The van der Waals surface area contributed by atoms with Gasteiger partial charge in [0.05, 0.1) is 12.1 Å². The topological polar surface area (TPSA) is 106 Å². The maximum atomic E-state index is 14.0. The smallest absolute Gasteiger partial charge is 0.307 e. The summed E-state index contributed by atoms with van der Waals surface area (Å²) < 4.78 is 19.1. The molecular formula is C21H23FN4O3. The van der Waals surface area contributed by atoms with Gasteiger partial charge in [-0.1, -0.05) is 30.3 Å². The zero-order valence-corrected chi connectivity index (χ0v) is 16.3. The van der Waals surface area contributed by atoms with E-state index in [1.54, 1.807) is 0 Å². The van der Waals surface area contributed by atoms with E-state index in [0.29, 0.717) is 0 Å². The average molecular weight is 398 g/mol. The van der Waals surface area contributed by atoms with Crippen molar-refractivity contribution in [3.05, 3.63) is 65.5 Å². The Morgan fingerprint density at radius 3 is 2.34 bits per heavy atom. The van der Waals surface area contributed by atoms with Crippen molar-refractivity contribution in [3.8, 4) is 0 Å². The van der Waals surface area contributed by atoms with Crippen molar-refractivity contribution < 1.29 is 18.7 Å². The maximum absolute atomic E-state index is 14.0. The summed E-state index contributed by atoms with van der Waals surface area (Å²) in [5, 5.41) is 18.0. The summed E-state index contributed by atoms with van der Waals surface area (Å²) in [5.41, 5.74) is 1.10. The molecule has 0 radical (unpaired) electrons. The van der Waals surface area contributed by atoms with Crippen molar-refractivity contribution in [3.63, 3.8) is 0 Å². The third-order valence-corrected chi connectivity index (χ3v) is 3.93. The predicted molar refractivity (Wildman–Crippen MR) is 109 cm³/mol. The molecule has 0 bridgehead atoms. The van der Waals surface area contributed by atoms with Crippen molar-refractivity contribution in [2.24, 2.45) is 0 Å². The highest BCUT2D eigenvalue weighted by Gasteiger charge is 2.16. The van der Waals surface area contributed by atoms with Crippen LogP contribution in [0.5, 0.6) is 0 Å². The van der Waals surface area contributed by atoms with E-state index in [0.717, 1.165) is 17.7 Å². The summed E-state index contributed by atoms with van der Waals surface area (Å²) in [6.45, 7) is 3.12. The van der Waals surface area contributed by atoms with Gasteiger partial charge in [-0.3, -0.25) is 25.3 Å². The lowest BCUT2D eigenvalue weighted by molar-refractivity contribution is -0.144. The van der Waals surface area contributed by atoms with Crippen LogP contribution >= 0.6 is 0 Å². The van der Waals surface area contributed by atoms with E-state index in [4.69, 9.17) is 15.6 Å². The maximum Gasteiger partial charge on any atom is 0.307 e. The van der Waals surface area contributed by atoms with E-state index in [1.807, 2.05) is 30.3 Å². The molecule has 0 saturated heterocycles. The number of rotatable bonds is 7. The molecule has 1 amide bonds. The second-order valence-electron chi connectivity index (χ2n) is 6.36. The molecule has 3 N–H and O–H groups in total. The highest BCUT2D eigenvalue weighted by Crippen LogP contribution is 2.19. The lowest BCUT2D eigenvalue weighted by Crippen LogP contribution is -2.33. The molecule has 0 fully saturated rings. The van der Waals surface area contributed by atoms with Gasteiger partial charge in [-0.2, -0.15) is 0 Å². The molecule has 2 rings (SSSR count). The van der Waals surface area contributed by atoms with Crippen LogP contribution in [0, 0.1) is 16.6 Å². The minimum Gasteiger partial charge on any atom is -0.461 e.